The molecule has 5 aromatic rings. The number of hydrogen-bond donors (Lipinski definition) is 2. The van der Waals surface area contributed by atoms with Crippen LogP contribution in [0, 0.1) is 0 Å². The van der Waals surface area contributed by atoms with Gasteiger partial charge in [-0.15, -0.1) is 0 Å². The zero-order valence-corrected chi connectivity index (χ0v) is 15.9. The number of ether oxygens (including phenoxy) is 1. The molecule has 7 nitrogen and oxygen atoms in total. The summed E-state index contributed by atoms with van der Waals surface area (Å²) in [5, 5.41) is 4.82. The molecule has 5 rings (SSSR count). The van der Waals surface area contributed by atoms with Gasteiger partial charge in [-0.25, -0.2) is 19.9 Å². The summed E-state index contributed by atoms with van der Waals surface area (Å²) >= 11 is 6.35. The third-order valence-electron chi connectivity index (χ3n) is 4.46. The van der Waals surface area contributed by atoms with Crippen molar-refractivity contribution in [2.45, 2.75) is 6.54 Å². The number of nitrogens with zero attached hydrogens (tertiary/aromatic N) is 4. The summed E-state index contributed by atoms with van der Waals surface area (Å²) in [7, 11) is 0. The minimum absolute atomic E-state index is 0.441. The Morgan fingerprint density at radius 3 is 2.76 bits per heavy atom. The second kappa shape index (κ2) is 7.37. The second-order valence-electron chi connectivity index (χ2n) is 6.35. The number of nitrogens with one attached hydrogen (secondary N) is 2. The van der Waals surface area contributed by atoms with Crippen LogP contribution < -0.4 is 10.1 Å². The Balaban J connectivity index is 1.54. The molecule has 2 aromatic carbocycles. The smallest absolute Gasteiger partial charge is 0.224 e. The molecule has 8 heteroatoms. The molecule has 142 valence electrons. The number of para-hydroxylation sites is 2. The summed E-state index contributed by atoms with van der Waals surface area (Å²) in [4.78, 5) is 20.4. The fourth-order valence-electron chi connectivity index (χ4n) is 3.08. The van der Waals surface area contributed by atoms with E-state index in [-0.39, 0.29) is 0 Å². The topological polar surface area (TPSA) is 88.6 Å². The highest BCUT2D eigenvalue weighted by Gasteiger charge is 2.13. The van der Waals surface area contributed by atoms with Crippen LogP contribution in [-0.4, -0.2) is 24.9 Å². The maximum atomic E-state index is 6.35. The number of aromatic nitrogens is 5. The van der Waals surface area contributed by atoms with Crippen molar-refractivity contribution in [1.29, 1.82) is 0 Å². The molecule has 2 N–H and O–H groups in total. The van der Waals surface area contributed by atoms with E-state index >= 15 is 0 Å². The molecule has 29 heavy (non-hydrogen) atoms. The van der Waals surface area contributed by atoms with Crippen LogP contribution in [0.3, 0.4) is 0 Å². The van der Waals surface area contributed by atoms with Crippen LogP contribution in [0.4, 0.5) is 5.82 Å². The minimum Gasteiger partial charge on any atom is -0.439 e. The van der Waals surface area contributed by atoms with Crippen molar-refractivity contribution in [3.63, 3.8) is 0 Å². The fourth-order valence-corrected chi connectivity index (χ4v) is 3.30. The van der Waals surface area contributed by atoms with Crippen LogP contribution in [0.25, 0.3) is 22.1 Å². The molecule has 0 bridgehead atoms. The average molecular weight is 403 g/mol. The summed E-state index contributed by atoms with van der Waals surface area (Å²) in [6.45, 7) is 0.441. The monoisotopic (exact) mass is 402 g/mol. The molecule has 0 saturated carbocycles. The van der Waals surface area contributed by atoms with Crippen molar-refractivity contribution in [3.05, 3.63) is 77.8 Å². The molecule has 3 heterocycles. The highest BCUT2D eigenvalue weighted by atomic mass is 35.5. The van der Waals surface area contributed by atoms with Crippen molar-refractivity contribution in [2.24, 2.45) is 0 Å². The van der Waals surface area contributed by atoms with Gasteiger partial charge in [-0.2, -0.15) is 0 Å². The van der Waals surface area contributed by atoms with E-state index in [0.29, 0.717) is 45.7 Å². The van der Waals surface area contributed by atoms with Gasteiger partial charge in [-0.3, -0.25) is 0 Å². The first-order valence-corrected chi connectivity index (χ1v) is 9.35. The van der Waals surface area contributed by atoms with Gasteiger partial charge >= 0.3 is 0 Å². The van der Waals surface area contributed by atoms with Gasteiger partial charge in [0, 0.05) is 17.5 Å². The standard InChI is InChI=1S/C21H15ClN6O/c22-16-8-4-5-13-9-14(10-23-19-18-20(25-11-24-18)27-12-26-19)21(28-17(13)16)29-15-6-2-1-3-7-15/h1-9,11-12H,10H2,(H2,23,24,25,26,27). The number of fused-ring (bicyclic) bond motifs is 2. The van der Waals surface area contributed by atoms with Crippen molar-refractivity contribution >= 4 is 39.5 Å². The lowest BCUT2D eigenvalue weighted by atomic mass is 10.1. The highest BCUT2D eigenvalue weighted by Crippen LogP contribution is 2.30. The molecule has 0 radical (unpaired) electrons. The Labute approximate surface area is 170 Å². The maximum absolute atomic E-state index is 6.35. The Kier molecular flexibility index (Phi) is 4.42. The first-order chi connectivity index (χ1) is 14.3. The van der Waals surface area contributed by atoms with Crippen LogP contribution in [0.15, 0.2) is 67.3 Å². The number of H-pyrrole nitrogens is 1. The summed E-state index contributed by atoms with van der Waals surface area (Å²) < 4.78 is 6.07. The number of aromatic amines is 1. The molecule has 0 unspecified atom stereocenters. The molecule has 0 aliphatic heterocycles. The molecule has 0 aliphatic rings. The lowest BCUT2D eigenvalue weighted by Gasteiger charge is -2.13. The van der Waals surface area contributed by atoms with Gasteiger partial charge in [0.15, 0.2) is 11.5 Å². The summed E-state index contributed by atoms with van der Waals surface area (Å²) in [6, 6.07) is 17.2. The molecule has 0 amide bonds. The van der Waals surface area contributed by atoms with Crippen molar-refractivity contribution in [1.82, 2.24) is 24.9 Å². The summed E-state index contributed by atoms with van der Waals surface area (Å²) in [6.07, 6.45) is 3.08. The van der Waals surface area contributed by atoms with Gasteiger partial charge in [-0.1, -0.05) is 41.9 Å². The lowest BCUT2D eigenvalue weighted by molar-refractivity contribution is 0.459. The average Bonchev–Trinajstić information content (AvgIpc) is 3.23. The molecule has 0 fully saturated rings. The Morgan fingerprint density at radius 2 is 1.86 bits per heavy atom. The van der Waals surface area contributed by atoms with Crippen LogP contribution >= 0.6 is 11.6 Å². The quantitative estimate of drug-likeness (QED) is 0.432. The van der Waals surface area contributed by atoms with E-state index in [4.69, 9.17) is 16.3 Å². The Morgan fingerprint density at radius 1 is 0.966 bits per heavy atom. The molecule has 0 spiro atoms. The Bertz CT molecular complexity index is 1300. The lowest BCUT2D eigenvalue weighted by Crippen LogP contribution is -2.05. The number of rotatable bonds is 5. The van der Waals surface area contributed by atoms with Gasteiger partial charge in [0.25, 0.3) is 0 Å². The van der Waals surface area contributed by atoms with Gasteiger partial charge in [0.1, 0.15) is 17.6 Å². The molecule has 0 atom stereocenters. The van der Waals surface area contributed by atoms with E-state index in [2.05, 4.69) is 30.2 Å². The fraction of sp³-hybridized carbons (Fsp3) is 0.0476. The number of halogens is 1. The molecular weight excluding hydrogens is 388 g/mol. The van der Waals surface area contributed by atoms with E-state index in [9.17, 15) is 0 Å². The molecule has 0 aliphatic carbocycles. The van der Waals surface area contributed by atoms with Crippen LogP contribution in [0.1, 0.15) is 5.56 Å². The summed E-state index contributed by atoms with van der Waals surface area (Å²) in [5.41, 5.74) is 2.91. The molecule has 0 saturated heterocycles. The minimum atomic E-state index is 0.441. The largest absolute Gasteiger partial charge is 0.439 e. The Hall–Kier alpha value is -3.71. The zero-order valence-electron chi connectivity index (χ0n) is 15.1. The van der Waals surface area contributed by atoms with E-state index < -0.39 is 0 Å². The normalized spacial score (nSPS) is 11.1. The first kappa shape index (κ1) is 17.4. The maximum Gasteiger partial charge on any atom is 0.224 e. The third-order valence-corrected chi connectivity index (χ3v) is 4.76. The van der Waals surface area contributed by atoms with E-state index in [0.717, 1.165) is 10.9 Å². The van der Waals surface area contributed by atoms with Gasteiger partial charge in [0.2, 0.25) is 5.88 Å². The molecule has 3 aromatic heterocycles. The SMILES string of the molecule is Clc1cccc2cc(CNc3ncnc4[nH]cnc34)c(Oc3ccccc3)nc12. The van der Waals surface area contributed by atoms with E-state index in [1.54, 1.807) is 6.33 Å². The number of imidazole rings is 1. The number of pyridine rings is 1. The van der Waals surface area contributed by atoms with Crippen molar-refractivity contribution < 1.29 is 4.74 Å². The van der Waals surface area contributed by atoms with E-state index in [1.165, 1.54) is 6.33 Å². The molecular formula is C21H15ClN6O. The first-order valence-electron chi connectivity index (χ1n) is 8.97. The third kappa shape index (κ3) is 3.43. The predicted octanol–water partition coefficient (Wildman–Crippen LogP) is 4.96. The number of anilines is 1. The van der Waals surface area contributed by atoms with Gasteiger partial charge < -0.3 is 15.0 Å². The predicted molar refractivity (Wildman–Crippen MR) is 112 cm³/mol. The van der Waals surface area contributed by atoms with Gasteiger partial charge in [-0.05, 0) is 24.3 Å². The van der Waals surface area contributed by atoms with Crippen LogP contribution in [0.5, 0.6) is 11.6 Å². The summed E-state index contributed by atoms with van der Waals surface area (Å²) in [5.74, 6) is 1.81. The zero-order chi connectivity index (χ0) is 19.6. The van der Waals surface area contributed by atoms with Crippen molar-refractivity contribution in [3.8, 4) is 11.6 Å². The van der Waals surface area contributed by atoms with Gasteiger partial charge in [0.05, 0.1) is 16.9 Å². The van der Waals surface area contributed by atoms with E-state index in [1.807, 2.05) is 54.6 Å². The second-order valence-corrected chi connectivity index (χ2v) is 6.76. The number of hydrogen-bond acceptors (Lipinski definition) is 6. The number of benzene rings is 2. The van der Waals surface area contributed by atoms with Crippen molar-refractivity contribution in [2.75, 3.05) is 5.32 Å². The van der Waals surface area contributed by atoms with Crippen LogP contribution in [0.2, 0.25) is 5.02 Å². The van der Waals surface area contributed by atoms with Crippen LogP contribution in [-0.2, 0) is 6.54 Å². The highest BCUT2D eigenvalue weighted by molar-refractivity contribution is 6.35.